The van der Waals surface area contributed by atoms with Gasteiger partial charge in [-0.2, -0.15) is 13.2 Å². The fraction of sp³-hybridized carbons (Fsp3) is 0.417. The van der Waals surface area contributed by atoms with Gasteiger partial charge in [-0.15, -0.1) is 0 Å². The Hall–Kier alpha value is -2.83. The normalized spacial score (nSPS) is 11.2. The molecule has 0 aromatic heterocycles. The highest BCUT2D eigenvalue weighted by molar-refractivity contribution is 6.03. The quantitative estimate of drug-likeness (QED) is 0.295. The summed E-state index contributed by atoms with van der Waals surface area (Å²) >= 11 is 0. The Morgan fingerprint density at radius 2 is 1.32 bits per heavy atom. The lowest BCUT2D eigenvalue weighted by Crippen LogP contribution is -2.16. The van der Waals surface area contributed by atoms with Crippen LogP contribution in [0.25, 0.3) is 0 Å². The van der Waals surface area contributed by atoms with Crippen molar-refractivity contribution in [3.63, 3.8) is 0 Å². The zero-order chi connectivity index (χ0) is 22.7. The number of hydrogen-bond donors (Lipinski definition) is 0. The lowest BCUT2D eigenvalue weighted by Gasteiger charge is -2.13. The van der Waals surface area contributed by atoms with Crippen molar-refractivity contribution in [3.8, 4) is 0 Å². The molecule has 7 heteroatoms. The van der Waals surface area contributed by atoms with Crippen LogP contribution in [0.1, 0.15) is 77.3 Å². The summed E-state index contributed by atoms with van der Waals surface area (Å²) in [6, 6.07) is 10.8. The van der Waals surface area contributed by atoms with Crippen LogP contribution in [0.2, 0.25) is 0 Å². The van der Waals surface area contributed by atoms with E-state index in [0.29, 0.717) is 0 Å². The SMILES string of the molecule is CCCCCCCCOC(=O)c1ccccc1C(=O)OCc1ccccc1C(F)(F)F. The van der Waals surface area contributed by atoms with Gasteiger partial charge < -0.3 is 9.47 Å². The molecule has 0 saturated carbocycles. The number of benzene rings is 2. The minimum Gasteiger partial charge on any atom is -0.462 e. The van der Waals surface area contributed by atoms with Crippen molar-refractivity contribution < 1.29 is 32.2 Å². The Bertz CT molecular complexity index is 862. The molecule has 2 aromatic rings. The van der Waals surface area contributed by atoms with Gasteiger partial charge in [0.25, 0.3) is 0 Å². The van der Waals surface area contributed by atoms with E-state index >= 15 is 0 Å². The molecule has 0 fully saturated rings. The third kappa shape index (κ3) is 7.74. The molecule has 2 rings (SSSR count). The summed E-state index contributed by atoms with van der Waals surface area (Å²) in [5.41, 5.74) is -1.04. The maximum absolute atomic E-state index is 13.1. The van der Waals surface area contributed by atoms with Crippen molar-refractivity contribution in [3.05, 3.63) is 70.8 Å². The molecule has 168 valence electrons. The summed E-state index contributed by atoms with van der Waals surface area (Å²) in [5.74, 6) is -1.54. The molecule has 0 bridgehead atoms. The summed E-state index contributed by atoms with van der Waals surface area (Å²) in [6.45, 7) is 1.82. The van der Waals surface area contributed by atoms with E-state index < -0.39 is 30.3 Å². The van der Waals surface area contributed by atoms with E-state index in [0.717, 1.165) is 38.2 Å². The molecule has 0 unspecified atom stereocenters. The Kier molecular flexibility index (Phi) is 9.56. The van der Waals surface area contributed by atoms with Gasteiger partial charge in [0.1, 0.15) is 6.61 Å². The van der Waals surface area contributed by atoms with Gasteiger partial charge in [-0.05, 0) is 24.6 Å². The Morgan fingerprint density at radius 1 is 0.774 bits per heavy atom. The molecule has 0 N–H and O–H groups in total. The number of hydrogen-bond acceptors (Lipinski definition) is 4. The van der Waals surface area contributed by atoms with Crippen molar-refractivity contribution in [1.82, 2.24) is 0 Å². The average Bonchev–Trinajstić information content (AvgIpc) is 2.76. The van der Waals surface area contributed by atoms with Gasteiger partial charge in [0.15, 0.2) is 0 Å². The second kappa shape index (κ2) is 12.1. The van der Waals surface area contributed by atoms with Gasteiger partial charge in [0.05, 0.1) is 23.3 Å². The number of carbonyl (C=O) groups excluding carboxylic acids is 2. The maximum Gasteiger partial charge on any atom is 0.416 e. The molecule has 0 aliphatic heterocycles. The molecule has 0 spiro atoms. The number of unbranched alkanes of at least 4 members (excludes halogenated alkanes) is 5. The largest absolute Gasteiger partial charge is 0.462 e. The van der Waals surface area contributed by atoms with Crippen LogP contribution in [0.4, 0.5) is 13.2 Å². The third-order valence-corrected chi connectivity index (χ3v) is 4.78. The van der Waals surface area contributed by atoms with Crippen LogP contribution >= 0.6 is 0 Å². The highest BCUT2D eigenvalue weighted by Crippen LogP contribution is 2.32. The van der Waals surface area contributed by atoms with Crippen LogP contribution in [0.3, 0.4) is 0 Å². The minimum atomic E-state index is -4.55. The van der Waals surface area contributed by atoms with Gasteiger partial charge in [-0.25, -0.2) is 9.59 Å². The first-order chi connectivity index (χ1) is 14.8. The van der Waals surface area contributed by atoms with Crippen LogP contribution < -0.4 is 0 Å². The number of esters is 2. The van der Waals surface area contributed by atoms with E-state index in [1.165, 1.54) is 36.8 Å². The van der Waals surface area contributed by atoms with Gasteiger partial charge in [0, 0.05) is 5.56 Å². The average molecular weight is 436 g/mol. The van der Waals surface area contributed by atoms with E-state index in [-0.39, 0.29) is 23.3 Å². The predicted molar refractivity (Wildman–Crippen MR) is 111 cm³/mol. The summed E-state index contributed by atoms with van der Waals surface area (Å²) in [7, 11) is 0. The van der Waals surface area contributed by atoms with Crippen LogP contribution in [0.15, 0.2) is 48.5 Å². The van der Waals surface area contributed by atoms with Crippen molar-refractivity contribution in [2.75, 3.05) is 6.61 Å². The zero-order valence-corrected chi connectivity index (χ0v) is 17.5. The smallest absolute Gasteiger partial charge is 0.416 e. The number of ether oxygens (including phenoxy) is 2. The number of carbonyl (C=O) groups is 2. The first kappa shape index (κ1) is 24.4. The van der Waals surface area contributed by atoms with Gasteiger partial charge in [-0.3, -0.25) is 0 Å². The van der Waals surface area contributed by atoms with Crippen molar-refractivity contribution in [2.24, 2.45) is 0 Å². The molecular weight excluding hydrogens is 409 g/mol. The van der Waals surface area contributed by atoms with Crippen LogP contribution in [0.5, 0.6) is 0 Å². The molecule has 0 atom stereocenters. The van der Waals surface area contributed by atoms with E-state index in [2.05, 4.69) is 6.92 Å². The number of halogens is 3. The highest BCUT2D eigenvalue weighted by Gasteiger charge is 2.33. The second-order valence-corrected chi connectivity index (χ2v) is 7.18. The fourth-order valence-electron chi connectivity index (χ4n) is 3.11. The molecule has 2 aromatic carbocycles. The molecule has 0 aliphatic rings. The minimum absolute atomic E-state index is 0.0302. The molecule has 0 radical (unpaired) electrons. The van der Waals surface area contributed by atoms with Gasteiger partial charge >= 0.3 is 18.1 Å². The van der Waals surface area contributed by atoms with Crippen molar-refractivity contribution in [1.29, 1.82) is 0 Å². The number of alkyl halides is 3. The standard InChI is InChI=1S/C24H27F3O4/c1-2-3-4-5-6-11-16-30-22(28)19-13-8-9-14-20(19)23(29)31-17-18-12-7-10-15-21(18)24(25,26)27/h7-10,12-15H,2-6,11,16-17H2,1H3. The molecule has 0 saturated heterocycles. The lowest BCUT2D eigenvalue weighted by molar-refractivity contribution is -0.138. The van der Waals surface area contributed by atoms with Crippen LogP contribution in [-0.4, -0.2) is 18.5 Å². The topological polar surface area (TPSA) is 52.6 Å². The molecular formula is C24H27F3O4. The monoisotopic (exact) mass is 436 g/mol. The van der Waals surface area contributed by atoms with Gasteiger partial charge in [-0.1, -0.05) is 69.4 Å². The van der Waals surface area contributed by atoms with E-state index in [9.17, 15) is 22.8 Å². The molecule has 4 nitrogen and oxygen atoms in total. The van der Waals surface area contributed by atoms with Gasteiger partial charge in [0.2, 0.25) is 0 Å². The summed E-state index contributed by atoms with van der Waals surface area (Å²) in [4.78, 5) is 24.9. The Balaban J connectivity index is 1.95. The summed E-state index contributed by atoms with van der Waals surface area (Å²) in [6.07, 6.45) is 1.70. The van der Waals surface area contributed by atoms with Crippen molar-refractivity contribution in [2.45, 2.75) is 58.2 Å². The van der Waals surface area contributed by atoms with Crippen LogP contribution in [0, 0.1) is 0 Å². The Morgan fingerprint density at radius 3 is 1.97 bits per heavy atom. The third-order valence-electron chi connectivity index (χ3n) is 4.78. The summed E-state index contributed by atoms with van der Waals surface area (Å²) in [5, 5.41) is 0. The summed E-state index contributed by atoms with van der Waals surface area (Å²) < 4.78 is 49.6. The molecule has 31 heavy (non-hydrogen) atoms. The van der Waals surface area contributed by atoms with Crippen LogP contribution in [-0.2, 0) is 22.3 Å². The highest BCUT2D eigenvalue weighted by atomic mass is 19.4. The Labute approximate surface area is 180 Å². The van der Waals surface area contributed by atoms with E-state index in [1.807, 2.05) is 0 Å². The van der Waals surface area contributed by atoms with E-state index in [1.54, 1.807) is 12.1 Å². The fourth-order valence-corrected chi connectivity index (χ4v) is 3.11. The molecule has 0 aliphatic carbocycles. The second-order valence-electron chi connectivity index (χ2n) is 7.18. The number of rotatable bonds is 11. The lowest BCUT2D eigenvalue weighted by atomic mass is 10.1. The first-order valence-electron chi connectivity index (χ1n) is 10.4. The predicted octanol–water partition coefficient (Wildman–Crippen LogP) is 6.58. The van der Waals surface area contributed by atoms with E-state index in [4.69, 9.17) is 9.47 Å². The van der Waals surface area contributed by atoms with Crippen molar-refractivity contribution >= 4 is 11.9 Å². The molecule has 0 amide bonds. The maximum atomic E-state index is 13.1. The zero-order valence-electron chi connectivity index (χ0n) is 17.5. The molecule has 0 heterocycles. The first-order valence-corrected chi connectivity index (χ1v) is 10.4.